The highest BCUT2D eigenvalue weighted by atomic mass is 16.5. The third-order valence-corrected chi connectivity index (χ3v) is 8.33. The number of carbonyl (C=O) groups is 3. The van der Waals surface area contributed by atoms with E-state index in [9.17, 15) is 19.5 Å². The molecule has 7 heteroatoms. The molecule has 184 valence electrons. The Kier molecular flexibility index (Phi) is 6.03. The van der Waals surface area contributed by atoms with Crippen molar-refractivity contribution >= 4 is 18.0 Å². The highest BCUT2D eigenvalue weighted by molar-refractivity contribution is 5.91. The summed E-state index contributed by atoms with van der Waals surface area (Å²) < 4.78 is 5.64. The fourth-order valence-electron chi connectivity index (χ4n) is 6.16. The molecule has 5 rings (SSSR count). The van der Waals surface area contributed by atoms with Crippen LogP contribution in [-0.4, -0.2) is 42.3 Å². The Bertz CT molecular complexity index is 1110. The number of carboxylic acid groups (broad SMARTS) is 1. The number of carbonyl (C=O) groups excluding carboxylic acids is 2. The molecule has 3 aliphatic rings. The van der Waals surface area contributed by atoms with E-state index >= 15 is 0 Å². The first-order valence-electron chi connectivity index (χ1n) is 12.5. The molecule has 0 saturated heterocycles. The van der Waals surface area contributed by atoms with Gasteiger partial charge in [0.15, 0.2) is 0 Å². The van der Waals surface area contributed by atoms with E-state index in [1.54, 1.807) is 0 Å². The summed E-state index contributed by atoms with van der Waals surface area (Å²) in [6.07, 6.45) is 4.07. The number of aliphatic carboxylic acids is 1. The molecule has 2 amide bonds. The number of hydrogen-bond donors (Lipinski definition) is 3. The molecule has 2 fully saturated rings. The maximum absolute atomic E-state index is 13.2. The van der Waals surface area contributed by atoms with Crippen molar-refractivity contribution in [2.75, 3.05) is 13.2 Å². The zero-order chi connectivity index (χ0) is 24.6. The van der Waals surface area contributed by atoms with Crippen molar-refractivity contribution in [3.63, 3.8) is 0 Å². The monoisotopic (exact) mass is 476 g/mol. The van der Waals surface area contributed by atoms with Crippen LogP contribution in [0.4, 0.5) is 4.79 Å². The van der Waals surface area contributed by atoms with E-state index in [0.717, 1.165) is 41.5 Å². The predicted molar refractivity (Wildman–Crippen MR) is 131 cm³/mol. The molecule has 2 aromatic carbocycles. The maximum Gasteiger partial charge on any atom is 0.407 e. The molecule has 35 heavy (non-hydrogen) atoms. The van der Waals surface area contributed by atoms with Gasteiger partial charge >= 0.3 is 12.1 Å². The Morgan fingerprint density at radius 2 is 1.69 bits per heavy atom. The van der Waals surface area contributed by atoms with Crippen molar-refractivity contribution in [2.45, 2.75) is 57.4 Å². The molecule has 0 aromatic heterocycles. The van der Waals surface area contributed by atoms with Gasteiger partial charge in [-0.25, -0.2) is 9.59 Å². The number of ether oxygens (including phenoxy) is 1. The number of rotatable bonds is 9. The molecule has 1 spiro atoms. The Morgan fingerprint density at radius 3 is 2.20 bits per heavy atom. The average Bonchev–Trinajstić information content (AvgIpc) is 3.45. The largest absolute Gasteiger partial charge is 0.480 e. The van der Waals surface area contributed by atoms with E-state index in [0.29, 0.717) is 19.3 Å². The van der Waals surface area contributed by atoms with Crippen LogP contribution in [0.15, 0.2) is 48.5 Å². The van der Waals surface area contributed by atoms with Crippen molar-refractivity contribution in [2.24, 2.45) is 10.8 Å². The lowest BCUT2D eigenvalue weighted by Crippen LogP contribution is -2.50. The molecule has 3 aliphatic carbocycles. The Morgan fingerprint density at radius 1 is 1.06 bits per heavy atom. The van der Waals surface area contributed by atoms with Gasteiger partial charge in [-0.1, -0.05) is 68.3 Å². The van der Waals surface area contributed by atoms with Crippen molar-refractivity contribution in [3.8, 4) is 11.1 Å². The predicted octanol–water partition coefficient (Wildman–Crippen LogP) is 4.46. The SMILES string of the molecule is CCCC(NC(=O)C1(CNC(=O)OCC2c3ccccc3-c3ccccc32)CC12CCC2)C(=O)O. The van der Waals surface area contributed by atoms with Crippen LogP contribution in [0.3, 0.4) is 0 Å². The highest BCUT2D eigenvalue weighted by Crippen LogP contribution is 2.73. The van der Waals surface area contributed by atoms with E-state index in [1.807, 2.05) is 31.2 Å². The number of fused-ring (bicyclic) bond motifs is 3. The second-order valence-electron chi connectivity index (χ2n) is 10.2. The van der Waals surface area contributed by atoms with Crippen LogP contribution in [0.5, 0.6) is 0 Å². The van der Waals surface area contributed by atoms with Crippen molar-refractivity contribution in [1.82, 2.24) is 10.6 Å². The fourth-order valence-corrected chi connectivity index (χ4v) is 6.16. The van der Waals surface area contributed by atoms with Crippen molar-refractivity contribution in [3.05, 3.63) is 59.7 Å². The van der Waals surface area contributed by atoms with Crippen LogP contribution in [0.25, 0.3) is 11.1 Å². The third kappa shape index (κ3) is 3.97. The number of benzene rings is 2. The highest BCUT2D eigenvalue weighted by Gasteiger charge is 2.73. The molecule has 2 saturated carbocycles. The third-order valence-electron chi connectivity index (χ3n) is 8.33. The van der Waals surface area contributed by atoms with Gasteiger partial charge in [-0.15, -0.1) is 0 Å². The number of amides is 2. The van der Waals surface area contributed by atoms with Gasteiger partial charge in [-0.2, -0.15) is 0 Å². The van der Waals surface area contributed by atoms with Gasteiger partial charge in [0.25, 0.3) is 0 Å². The lowest BCUT2D eigenvalue weighted by molar-refractivity contribution is -0.143. The van der Waals surface area contributed by atoms with Gasteiger partial charge < -0.3 is 20.5 Å². The topological polar surface area (TPSA) is 105 Å². The Labute approximate surface area is 205 Å². The lowest BCUT2D eigenvalue weighted by atomic mass is 9.74. The molecule has 2 aromatic rings. The van der Waals surface area contributed by atoms with E-state index in [4.69, 9.17) is 4.74 Å². The van der Waals surface area contributed by atoms with Gasteiger partial charge in [-0.05, 0) is 53.4 Å². The summed E-state index contributed by atoms with van der Waals surface area (Å²) in [5, 5.41) is 15.0. The summed E-state index contributed by atoms with van der Waals surface area (Å²) in [5.41, 5.74) is 3.74. The van der Waals surface area contributed by atoms with Gasteiger partial charge in [0.05, 0.1) is 5.41 Å². The van der Waals surface area contributed by atoms with Crippen molar-refractivity contribution < 1.29 is 24.2 Å². The number of nitrogens with one attached hydrogen (secondary N) is 2. The molecule has 2 atom stereocenters. The molecule has 0 aliphatic heterocycles. The van der Waals surface area contributed by atoms with Crippen LogP contribution >= 0.6 is 0 Å². The molecule has 7 nitrogen and oxygen atoms in total. The second-order valence-corrected chi connectivity index (χ2v) is 10.2. The summed E-state index contributed by atoms with van der Waals surface area (Å²) in [7, 11) is 0. The second kappa shape index (κ2) is 9.02. The minimum absolute atomic E-state index is 0.0327. The van der Waals surface area contributed by atoms with E-state index < -0.39 is 23.5 Å². The molecule has 2 unspecified atom stereocenters. The number of carboxylic acids is 1. The van der Waals surface area contributed by atoms with Crippen LogP contribution in [-0.2, 0) is 14.3 Å². The zero-order valence-electron chi connectivity index (χ0n) is 20.0. The van der Waals surface area contributed by atoms with Crippen LogP contribution < -0.4 is 10.6 Å². The maximum atomic E-state index is 13.2. The summed E-state index contributed by atoms with van der Waals surface area (Å²) in [5.74, 6) is -1.32. The molecule has 0 heterocycles. The quantitative estimate of drug-likeness (QED) is 0.496. The van der Waals surface area contributed by atoms with Gasteiger partial charge in [0.1, 0.15) is 12.6 Å². The van der Waals surface area contributed by atoms with E-state index in [2.05, 4.69) is 34.9 Å². The van der Waals surface area contributed by atoms with Gasteiger partial charge in [0, 0.05) is 12.5 Å². The molecule has 0 radical (unpaired) electrons. The summed E-state index contributed by atoms with van der Waals surface area (Å²) >= 11 is 0. The van der Waals surface area contributed by atoms with Crippen LogP contribution in [0.1, 0.15) is 62.5 Å². The molecule has 3 N–H and O–H groups in total. The zero-order valence-corrected chi connectivity index (χ0v) is 20.0. The summed E-state index contributed by atoms with van der Waals surface area (Å²) in [6, 6.07) is 15.4. The lowest BCUT2D eigenvalue weighted by Gasteiger charge is -2.33. The first-order chi connectivity index (χ1) is 16.9. The van der Waals surface area contributed by atoms with Gasteiger partial charge in [-0.3, -0.25) is 4.79 Å². The summed E-state index contributed by atoms with van der Waals surface area (Å²) in [4.78, 5) is 37.5. The smallest absolute Gasteiger partial charge is 0.407 e. The Balaban J connectivity index is 1.22. The van der Waals surface area contributed by atoms with Crippen LogP contribution in [0, 0.1) is 10.8 Å². The van der Waals surface area contributed by atoms with E-state index in [1.165, 1.54) is 0 Å². The normalized spacial score (nSPS) is 21.9. The first kappa shape index (κ1) is 23.4. The minimum Gasteiger partial charge on any atom is -0.480 e. The van der Waals surface area contributed by atoms with Crippen LogP contribution in [0.2, 0.25) is 0 Å². The molecule has 0 bridgehead atoms. The molecular weight excluding hydrogens is 444 g/mol. The van der Waals surface area contributed by atoms with E-state index in [-0.39, 0.29) is 30.4 Å². The average molecular weight is 477 g/mol. The first-order valence-corrected chi connectivity index (χ1v) is 12.5. The minimum atomic E-state index is -1.02. The standard InChI is InChI=1S/C28H32N2O5/c1-2-8-23(24(31)32)30-25(33)28(16-27(28)13-7-14-27)17-29-26(34)35-15-22-20-11-5-3-9-18(20)19-10-4-6-12-21(19)22/h3-6,9-12,22-23H,2,7-8,13-17H2,1H3,(H,29,34)(H,30,33)(H,31,32). The number of alkyl carbamates (subject to hydrolysis) is 1. The van der Waals surface area contributed by atoms with Crippen molar-refractivity contribution in [1.29, 1.82) is 0 Å². The summed E-state index contributed by atoms with van der Waals surface area (Å²) in [6.45, 7) is 2.26. The molecular formula is C28H32N2O5. The Hall–Kier alpha value is -3.35. The van der Waals surface area contributed by atoms with Gasteiger partial charge in [0.2, 0.25) is 5.91 Å². The number of hydrogen-bond acceptors (Lipinski definition) is 4. The fraction of sp³-hybridized carbons (Fsp3) is 0.464.